The van der Waals surface area contributed by atoms with Gasteiger partial charge in [-0.05, 0) is 93.4 Å². The van der Waals surface area contributed by atoms with E-state index in [4.69, 9.17) is 4.42 Å². The number of aryl methyl sites for hydroxylation is 2. The molecule has 38 heavy (non-hydrogen) atoms. The third kappa shape index (κ3) is 3.72. The Labute approximate surface area is 221 Å². The number of nitrogens with one attached hydrogen (secondary N) is 4. The van der Waals surface area contributed by atoms with E-state index >= 15 is 0 Å². The largest absolute Gasteiger partial charge is 0.456 e. The van der Waals surface area contributed by atoms with Crippen molar-refractivity contribution < 1.29 is 4.42 Å². The van der Waals surface area contributed by atoms with E-state index in [1.54, 1.807) is 0 Å². The topological polar surface area (TPSA) is 94.6 Å². The molecule has 5 heterocycles. The van der Waals surface area contributed by atoms with Crippen LogP contribution in [0.2, 0.25) is 0 Å². The minimum Gasteiger partial charge on any atom is -0.456 e. The summed E-state index contributed by atoms with van der Waals surface area (Å²) in [5.41, 5.74) is 9.33. The molecule has 2 aromatic carbocycles. The van der Waals surface area contributed by atoms with Gasteiger partial charge in [0.05, 0.1) is 35.9 Å². The van der Waals surface area contributed by atoms with Gasteiger partial charge in [-0.15, -0.1) is 0 Å². The summed E-state index contributed by atoms with van der Waals surface area (Å²) in [5, 5.41) is 8.28. The van der Waals surface area contributed by atoms with Gasteiger partial charge in [-0.3, -0.25) is 0 Å². The first kappa shape index (κ1) is 22.3. The number of hydrogen-bond acceptors (Lipinski definition) is 5. The van der Waals surface area contributed by atoms with Crippen molar-refractivity contribution in [3.8, 4) is 33.8 Å². The van der Waals surface area contributed by atoms with Crippen LogP contribution < -0.4 is 10.6 Å². The van der Waals surface area contributed by atoms with Crippen molar-refractivity contribution >= 4 is 11.0 Å². The maximum absolute atomic E-state index is 6.53. The van der Waals surface area contributed by atoms with Gasteiger partial charge < -0.3 is 25.0 Å². The summed E-state index contributed by atoms with van der Waals surface area (Å²) >= 11 is 0. The number of fused-ring (bicyclic) bond motifs is 5. The first-order valence-corrected chi connectivity index (χ1v) is 14.1. The minimum absolute atomic E-state index is 0.340. The van der Waals surface area contributed by atoms with E-state index in [9.17, 15) is 0 Å². The molecule has 0 unspecified atom stereocenters. The van der Waals surface area contributed by atoms with E-state index in [0.29, 0.717) is 12.1 Å². The molecule has 1 aliphatic carbocycles. The van der Waals surface area contributed by atoms with E-state index in [-0.39, 0.29) is 0 Å². The van der Waals surface area contributed by atoms with Crippen LogP contribution in [0.5, 0.6) is 0 Å². The summed E-state index contributed by atoms with van der Waals surface area (Å²) in [6, 6.07) is 14.0. The maximum atomic E-state index is 6.53. The molecule has 3 aliphatic rings. The molecule has 2 aliphatic heterocycles. The summed E-state index contributed by atoms with van der Waals surface area (Å²) in [7, 11) is 0. The molecule has 8 rings (SSSR count). The van der Waals surface area contributed by atoms with Gasteiger partial charge in [-0.1, -0.05) is 12.1 Å². The molecule has 7 nitrogen and oxygen atoms in total. The Morgan fingerprint density at radius 2 is 1.42 bits per heavy atom. The molecule has 2 atom stereocenters. The molecule has 192 valence electrons. The van der Waals surface area contributed by atoms with Crippen LogP contribution in [0, 0.1) is 0 Å². The highest BCUT2D eigenvalue weighted by Crippen LogP contribution is 2.41. The fraction of sp³-hybridized carbons (Fsp3) is 0.355. The molecule has 2 saturated heterocycles. The predicted molar refractivity (Wildman–Crippen MR) is 149 cm³/mol. The number of hydrogen-bond donors (Lipinski definition) is 4. The standard InChI is InChI=1S/C31H32N6O/c1-4-18-14-19(26-16-34-30(36-26)24-6-2-12-32-24)8-10-21(18)29-22(5-1)23-15-20(9-11-28(23)38-29)27-17-35-31(37-27)25-7-3-13-33-25/h8-11,14-17,24-25,32-33H,1-7,12-13H2,(H,34,36)(H,35,37)/t24-,25-/m0/s1. The number of aromatic amines is 2. The Balaban J connectivity index is 1.14. The van der Waals surface area contributed by atoms with Crippen LogP contribution in [-0.2, 0) is 12.8 Å². The monoisotopic (exact) mass is 504 g/mol. The normalized spacial score (nSPS) is 21.1. The Bertz CT molecular complexity index is 1630. The van der Waals surface area contributed by atoms with Gasteiger partial charge in [0.1, 0.15) is 23.0 Å². The zero-order chi connectivity index (χ0) is 25.1. The Kier molecular flexibility index (Phi) is 5.26. The molecule has 0 radical (unpaired) electrons. The van der Waals surface area contributed by atoms with Gasteiger partial charge in [-0.25, -0.2) is 9.97 Å². The first-order chi connectivity index (χ1) is 18.8. The molecule has 2 fully saturated rings. The number of furan rings is 1. The van der Waals surface area contributed by atoms with Crippen LogP contribution in [0.3, 0.4) is 0 Å². The third-order valence-corrected chi connectivity index (χ3v) is 8.61. The quantitative estimate of drug-likeness (QED) is 0.233. The number of rotatable bonds is 4. The molecule has 0 bridgehead atoms. The van der Waals surface area contributed by atoms with Crippen LogP contribution in [0.15, 0.2) is 53.2 Å². The van der Waals surface area contributed by atoms with Crippen molar-refractivity contribution in [1.29, 1.82) is 0 Å². The van der Waals surface area contributed by atoms with E-state index < -0.39 is 0 Å². The van der Waals surface area contributed by atoms with Crippen LogP contribution in [-0.4, -0.2) is 33.0 Å². The van der Waals surface area contributed by atoms with Gasteiger partial charge in [-0.2, -0.15) is 0 Å². The van der Waals surface area contributed by atoms with Crippen LogP contribution in [0.25, 0.3) is 44.8 Å². The lowest BCUT2D eigenvalue weighted by atomic mass is 9.98. The van der Waals surface area contributed by atoms with Crippen molar-refractivity contribution in [3.05, 3.63) is 71.6 Å². The number of aromatic nitrogens is 4. The molecule has 0 spiro atoms. The number of imidazole rings is 2. The van der Waals surface area contributed by atoms with E-state index in [1.165, 1.54) is 40.5 Å². The van der Waals surface area contributed by atoms with Crippen molar-refractivity contribution in [2.45, 2.75) is 57.0 Å². The molecule has 3 aromatic heterocycles. The summed E-state index contributed by atoms with van der Waals surface area (Å²) < 4.78 is 6.53. The summed E-state index contributed by atoms with van der Waals surface area (Å²) in [6.45, 7) is 2.14. The van der Waals surface area contributed by atoms with E-state index in [0.717, 1.165) is 85.1 Å². The molecular weight excluding hydrogens is 472 g/mol. The van der Waals surface area contributed by atoms with Gasteiger partial charge >= 0.3 is 0 Å². The fourth-order valence-corrected chi connectivity index (χ4v) is 6.58. The summed E-state index contributed by atoms with van der Waals surface area (Å²) in [4.78, 5) is 16.5. The maximum Gasteiger partial charge on any atom is 0.138 e. The highest BCUT2D eigenvalue weighted by Gasteiger charge is 2.24. The molecule has 4 N–H and O–H groups in total. The smallest absolute Gasteiger partial charge is 0.138 e. The summed E-state index contributed by atoms with van der Waals surface area (Å²) in [6.07, 6.45) is 11.8. The second kappa shape index (κ2) is 8.96. The Morgan fingerprint density at radius 3 is 2.11 bits per heavy atom. The Morgan fingerprint density at radius 1 is 0.737 bits per heavy atom. The highest BCUT2D eigenvalue weighted by atomic mass is 16.3. The van der Waals surface area contributed by atoms with Gasteiger partial charge in [0.15, 0.2) is 0 Å². The number of nitrogens with zero attached hydrogens (tertiary/aromatic N) is 2. The SMILES string of the molecule is c1cc2c(cc1-c1cnc([C@@H]3CCCN3)[nH]1)CCCc1c-2oc2ccc(-c3cnc([C@@H]4CCCN4)[nH]3)cc12. The first-order valence-electron chi connectivity index (χ1n) is 14.1. The van der Waals surface area contributed by atoms with E-state index in [2.05, 4.69) is 67.0 Å². The van der Waals surface area contributed by atoms with Crippen molar-refractivity contribution in [1.82, 2.24) is 30.6 Å². The predicted octanol–water partition coefficient (Wildman–Crippen LogP) is 6.22. The Hall–Kier alpha value is -3.68. The zero-order valence-electron chi connectivity index (χ0n) is 21.4. The number of benzene rings is 2. The number of H-pyrrole nitrogens is 2. The van der Waals surface area contributed by atoms with E-state index in [1.807, 2.05) is 12.4 Å². The van der Waals surface area contributed by atoms with Crippen LogP contribution in [0.4, 0.5) is 0 Å². The summed E-state index contributed by atoms with van der Waals surface area (Å²) in [5.74, 6) is 3.11. The van der Waals surface area contributed by atoms with Crippen molar-refractivity contribution in [3.63, 3.8) is 0 Å². The van der Waals surface area contributed by atoms with Crippen LogP contribution >= 0.6 is 0 Å². The minimum atomic E-state index is 0.340. The van der Waals surface area contributed by atoms with Gasteiger partial charge in [0, 0.05) is 22.1 Å². The molecule has 0 saturated carbocycles. The lowest BCUT2D eigenvalue weighted by Crippen LogP contribution is -2.14. The second-order valence-corrected chi connectivity index (χ2v) is 11.0. The highest BCUT2D eigenvalue weighted by molar-refractivity contribution is 5.92. The van der Waals surface area contributed by atoms with Crippen LogP contribution in [0.1, 0.15) is 67.0 Å². The average Bonchev–Trinajstić information content (AvgIpc) is 3.77. The van der Waals surface area contributed by atoms with Crippen molar-refractivity contribution in [2.75, 3.05) is 13.1 Å². The molecular formula is C31H32N6O. The van der Waals surface area contributed by atoms with Crippen molar-refractivity contribution in [2.24, 2.45) is 0 Å². The average molecular weight is 505 g/mol. The molecule has 5 aromatic rings. The fourth-order valence-electron chi connectivity index (χ4n) is 6.58. The molecule has 7 heteroatoms. The zero-order valence-corrected chi connectivity index (χ0v) is 21.4. The van der Waals surface area contributed by atoms with Gasteiger partial charge in [0.25, 0.3) is 0 Å². The lowest BCUT2D eigenvalue weighted by molar-refractivity contribution is 0.613. The third-order valence-electron chi connectivity index (χ3n) is 8.61. The molecule has 0 amide bonds. The second-order valence-electron chi connectivity index (χ2n) is 11.0. The lowest BCUT2D eigenvalue weighted by Gasteiger charge is -2.08. The van der Waals surface area contributed by atoms with Gasteiger partial charge in [0.2, 0.25) is 0 Å².